The molecular weight excluding hydrogens is 190 g/mol. The third-order valence-corrected chi connectivity index (χ3v) is 2.48. The predicted octanol–water partition coefficient (Wildman–Crippen LogP) is 0.561. The summed E-state index contributed by atoms with van der Waals surface area (Å²) in [7, 11) is 0. The predicted molar refractivity (Wildman–Crippen MR) is 49.9 cm³/mol. The first-order valence-electron chi connectivity index (χ1n) is 4.20. The van der Waals surface area contributed by atoms with Crippen LogP contribution in [0, 0.1) is 0 Å². The molecule has 1 aromatic heterocycles. The van der Waals surface area contributed by atoms with Gasteiger partial charge in [-0.1, -0.05) is 0 Å². The zero-order valence-corrected chi connectivity index (χ0v) is 8.01. The summed E-state index contributed by atoms with van der Waals surface area (Å²) in [6.07, 6.45) is 0.936. The van der Waals surface area contributed by atoms with E-state index in [0.717, 1.165) is 18.7 Å². The summed E-state index contributed by atoms with van der Waals surface area (Å²) in [4.78, 5) is 14.7. The summed E-state index contributed by atoms with van der Waals surface area (Å²) < 4.78 is 1.84. The molecule has 0 aliphatic carbocycles. The minimum absolute atomic E-state index is 0.115. The molecule has 1 unspecified atom stereocenters. The fraction of sp³-hybridized carbons (Fsp3) is 0.500. The highest BCUT2D eigenvalue weighted by Crippen LogP contribution is 2.16. The summed E-state index contributed by atoms with van der Waals surface area (Å²) in [5.41, 5.74) is 0.696. The summed E-state index contributed by atoms with van der Waals surface area (Å²) in [5, 5.41) is 3.50. The Morgan fingerprint density at radius 1 is 1.77 bits per heavy atom. The maximum atomic E-state index is 11.0. The molecule has 0 radical (unpaired) electrons. The molecule has 0 saturated heterocycles. The molecule has 4 nitrogen and oxygen atoms in total. The zero-order chi connectivity index (χ0) is 9.42. The standard InChI is InChI=1S/C8H10ClN3O/c1-5-10-3-2-6-4-7(13)11-8(9)12(5)6/h4-5,10H,2-3H2,1H3. The van der Waals surface area contributed by atoms with Crippen LogP contribution in [0.3, 0.4) is 0 Å². The van der Waals surface area contributed by atoms with Crippen LogP contribution in [0.25, 0.3) is 0 Å². The molecule has 13 heavy (non-hydrogen) atoms. The van der Waals surface area contributed by atoms with E-state index in [4.69, 9.17) is 11.6 Å². The van der Waals surface area contributed by atoms with Gasteiger partial charge in [0, 0.05) is 24.7 Å². The SMILES string of the molecule is CC1NCCc2cc(=O)nc(Cl)n21. The lowest BCUT2D eigenvalue weighted by Crippen LogP contribution is -2.36. The van der Waals surface area contributed by atoms with E-state index in [1.165, 1.54) is 0 Å². The van der Waals surface area contributed by atoms with Gasteiger partial charge in [-0.25, -0.2) is 0 Å². The number of halogens is 1. The summed E-state index contributed by atoms with van der Waals surface area (Å²) >= 11 is 5.85. The highest BCUT2D eigenvalue weighted by molar-refractivity contribution is 6.28. The molecule has 0 bridgehead atoms. The Balaban J connectivity index is 2.63. The van der Waals surface area contributed by atoms with Crippen molar-refractivity contribution in [3.05, 3.63) is 27.4 Å². The second kappa shape index (κ2) is 3.12. The largest absolute Gasteiger partial charge is 0.304 e. The van der Waals surface area contributed by atoms with Crippen molar-refractivity contribution >= 4 is 11.6 Å². The van der Waals surface area contributed by atoms with Gasteiger partial charge in [0.15, 0.2) is 0 Å². The quantitative estimate of drug-likeness (QED) is 0.622. The van der Waals surface area contributed by atoms with Crippen molar-refractivity contribution in [1.29, 1.82) is 0 Å². The Labute approximate surface area is 80.5 Å². The summed E-state index contributed by atoms with van der Waals surface area (Å²) in [6.45, 7) is 2.86. The lowest BCUT2D eigenvalue weighted by molar-refractivity contribution is 0.383. The molecule has 2 rings (SSSR count). The van der Waals surface area contributed by atoms with Crippen LogP contribution in [0.5, 0.6) is 0 Å². The molecule has 1 aromatic rings. The molecule has 1 N–H and O–H groups in total. The van der Waals surface area contributed by atoms with Gasteiger partial charge in [-0.05, 0) is 18.5 Å². The van der Waals surface area contributed by atoms with Crippen LogP contribution in [0.1, 0.15) is 18.8 Å². The number of rotatable bonds is 0. The molecule has 1 atom stereocenters. The first-order valence-corrected chi connectivity index (χ1v) is 4.57. The highest BCUT2D eigenvalue weighted by Gasteiger charge is 2.17. The van der Waals surface area contributed by atoms with Gasteiger partial charge < -0.3 is 4.57 Å². The fourth-order valence-corrected chi connectivity index (χ4v) is 1.95. The van der Waals surface area contributed by atoms with Crippen molar-refractivity contribution in [2.75, 3.05) is 6.54 Å². The average Bonchev–Trinajstić information content (AvgIpc) is 2.02. The molecule has 0 saturated carbocycles. The van der Waals surface area contributed by atoms with E-state index in [9.17, 15) is 4.79 Å². The third-order valence-electron chi connectivity index (χ3n) is 2.21. The lowest BCUT2D eigenvalue weighted by Gasteiger charge is -2.27. The normalized spacial score (nSPS) is 21.2. The van der Waals surface area contributed by atoms with Crippen molar-refractivity contribution in [1.82, 2.24) is 14.9 Å². The van der Waals surface area contributed by atoms with Gasteiger partial charge >= 0.3 is 0 Å². The van der Waals surface area contributed by atoms with E-state index in [1.54, 1.807) is 6.07 Å². The van der Waals surface area contributed by atoms with E-state index in [-0.39, 0.29) is 17.0 Å². The number of nitrogens with one attached hydrogen (secondary N) is 1. The topological polar surface area (TPSA) is 46.9 Å². The first kappa shape index (κ1) is 8.72. The van der Waals surface area contributed by atoms with Crippen LogP contribution in [-0.2, 0) is 6.42 Å². The third kappa shape index (κ3) is 1.47. The van der Waals surface area contributed by atoms with E-state index < -0.39 is 0 Å². The molecule has 0 spiro atoms. The van der Waals surface area contributed by atoms with Crippen LogP contribution in [0.15, 0.2) is 10.9 Å². The second-order valence-electron chi connectivity index (χ2n) is 3.10. The Morgan fingerprint density at radius 2 is 2.54 bits per heavy atom. The van der Waals surface area contributed by atoms with E-state index >= 15 is 0 Å². The van der Waals surface area contributed by atoms with Crippen LogP contribution < -0.4 is 10.9 Å². The molecule has 1 aliphatic heterocycles. The van der Waals surface area contributed by atoms with E-state index in [1.807, 2.05) is 11.5 Å². The van der Waals surface area contributed by atoms with Gasteiger partial charge in [-0.15, -0.1) is 0 Å². The van der Waals surface area contributed by atoms with E-state index in [0.29, 0.717) is 0 Å². The number of hydrogen-bond acceptors (Lipinski definition) is 3. The first-order chi connectivity index (χ1) is 6.18. The monoisotopic (exact) mass is 199 g/mol. The smallest absolute Gasteiger partial charge is 0.274 e. The van der Waals surface area contributed by atoms with Crippen LogP contribution >= 0.6 is 11.6 Å². The molecule has 0 aromatic carbocycles. The Hall–Kier alpha value is -0.870. The van der Waals surface area contributed by atoms with Crippen molar-refractivity contribution in [2.45, 2.75) is 19.5 Å². The molecule has 0 fully saturated rings. The minimum atomic E-state index is -0.259. The van der Waals surface area contributed by atoms with Crippen LogP contribution in [-0.4, -0.2) is 16.1 Å². The van der Waals surface area contributed by atoms with Gasteiger partial charge in [0.25, 0.3) is 5.56 Å². The Morgan fingerprint density at radius 3 is 3.31 bits per heavy atom. The number of aromatic nitrogens is 2. The molecule has 5 heteroatoms. The van der Waals surface area contributed by atoms with Gasteiger partial charge in [0.05, 0.1) is 6.17 Å². The minimum Gasteiger partial charge on any atom is -0.304 e. The summed E-state index contributed by atoms with van der Waals surface area (Å²) in [5.74, 6) is 0. The fourth-order valence-electron chi connectivity index (χ4n) is 1.61. The van der Waals surface area contributed by atoms with Crippen molar-refractivity contribution < 1.29 is 0 Å². The number of fused-ring (bicyclic) bond motifs is 1. The Kier molecular flexibility index (Phi) is 2.09. The number of nitrogens with zero attached hydrogens (tertiary/aromatic N) is 2. The van der Waals surface area contributed by atoms with Gasteiger partial charge in [0.1, 0.15) is 0 Å². The van der Waals surface area contributed by atoms with Gasteiger partial charge in [0.2, 0.25) is 5.28 Å². The number of hydrogen-bond donors (Lipinski definition) is 1. The van der Waals surface area contributed by atoms with Crippen molar-refractivity contribution in [3.8, 4) is 0 Å². The second-order valence-corrected chi connectivity index (χ2v) is 3.44. The molecular formula is C8H10ClN3O. The highest BCUT2D eigenvalue weighted by atomic mass is 35.5. The van der Waals surface area contributed by atoms with Crippen LogP contribution in [0.2, 0.25) is 5.28 Å². The van der Waals surface area contributed by atoms with Crippen molar-refractivity contribution in [2.24, 2.45) is 0 Å². The van der Waals surface area contributed by atoms with Gasteiger partial charge in [-0.3, -0.25) is 10.1 Å². The average molecular weight is 200 g/mol. The van der Waals surface area contributed by atoms with Crippen LogP contribution in [0.4, 0.5) is 0 Å². The van der Waals surface area contributed by atoms with E-state index in [2.05, 4.69) is 10.3 Å². The van der Waals surface area contributed by atoms with Crippen molar-refractivity contribution in [3.63, 3.8) is 0 Å². The maximum absolute atomic E-state index is 11.0. The maximum Gasteiger partial charge on any atom is 0.274 e. The zero-order valence-electron chi connectivity index (χ0n) is 7.25. The summed E-state index contributed by atoms with van der Waals surface area (Å²) in [6, 6.07) is 1.54. The Bertz CT molecular complexity index is 387. The molecule has 0 amide bonds. The molecule has 1 aliphatic rings. The lowest BCUT2D eigenvalue weighted by atomic mass is 10.2. The molecule has 70 valence electrons. The molecule has 2 heterocycles. The van der Waals surface area contributed by atoms with Gasteiger partial charge in [-0.2, -0.15) is 4.98 Å².